The highest BCUT2D eigenvalue weighted by atomic mass is 16.5. The molecule has 5 aliphatic carbocycles. The minimum Gasteiger partial charge on any atom is -0.468 e. The zero-order valence-electron chi connectivity index (χ0n) is 23.7. The monoisotopic (exact) mass is 503 g/mol. The summed E-state index contributed by atoms with van der Waals surface area (Å²) in [5.41, 5.74) is -0.214. The van der Waals surface area contributed by atoms with Gasteiger partial charge in [0.25, 0.3) is 0 Å². The molecule has 2 saturated carbocycles. The average Bonchev–Trinajstić information content (AvgIpc) is 2.83. The second-order valence-electron chi connectivity index (χ2n) is 14.3. The first-order valence-corrected chi connectivity index (χ1v) is 13.8. The molecular formula is C32H41NO4. The molecule has 0 aliphatic heterocycles. The van der Waals surface area contributed by atoms with E-state index in [1.165, 1.54) is 7.11 Å². The normalized spacial score (nSPS) is 46.1. The predicted molar refractivity (Wildman–Crippen MR) is 141 cm³/mol. The lowest BCUT2D eigenvalue weighted by Gasteiger charge is -2.67. The van der Waals surface area contributed by atoms with Gasteiger partial charge in [-0.25, -0.2) is 0 Å². The highest BCUT2D eigenvalue weighted by Crippen LogP contribution is 2.73. The van der Waals surface area contributed by atoms with Crippen LogP contribution in [0.4, 0.5) is 0 Å². The van der Waals surface area contributed by atoms with E-state index in [0.717, 1.165) is 49.7 Å². The molecular weight excluding hydrogens is 462 g/mol. The number of carbonyl (C=O) groups excluding carboxylic acids is 3. The largest absolute Gasteiger partial charge is 0.468 e. The number of nitrogens with zero attached hydrogens (tertiary/aromatic N) is 1. The number of fused-ring (bicyclic) bond motifs is 7. The van der Waals surface area contributed by atoms with Gasteiger partial charge in [-0.15, -0.1) is 0 Å². The van der Waals surface area contributed by atoms with Crippen LogP contribution in [0.15, 0.2) is 34.9 Å². The van der Waals surface area contributed by atoms with Crippen molar-refractivity contribution in [3.63, 3.8) is 0 Å². The first kappa shape index (κ1) is 26.1. The van der Waals surface area contributed by atoms with E-state index in [2.05, 4.69) is 39.8 Å². The van der Waals surface area contributed by atoms with E-state index >= 15 is 0 Å². The number of rotatable bonds is 1. The fourth-order valence-electron chi connectivity index (χ4n) is 9.59. The summed E-state index contributed by atoms with van der Waals surface area (Å²) in [5, 5.41) is 9.85. The number of carbonyl (C=O) groups is 3. The van der Waals surface area contributed by atoms with E-state index < -0.39 is 16.2 Å². The van der Waals surface area contributed by atoms with Crippen LogP contribution in [-0.4, -0.2) is 24.6 Å². The lowest BCUT2D eigenvalue weighted by atomic mass is 9.35. The maximum atomic E-state index is 14.3. The van der Waals surface area contributed by atoms with Crippen LogP contribution in [0, 0.1) is 55.7 Å². The lowest BCUT2D eigenvalue weighted by molar-refractivity contribution is -0.164. The van der Waals surface area contributed by atoms with E-state index in [9.17, 15) is 19.6 Å². The Bertz CT molecular complexity index is 1260. The van der Waals surface area contributed by atoms with Gasteiger partial charge in [0.05, 0.1) is 18.1 Å². The van der Waals surface area contributed by atoms with Crippen LogP contribution in [-0.2, 0) is 19.1 Å². The molecule has 0 unspecified atom stereocenters. The van der Waals surface area contributed by atoms with E-state index in [1.807, 2.05) is 32.9 Å². The van der Waals surface area contributed by atoms with Crippen LogP contribution in [0.3, 0.4) is 0 Å². The van der Waals surface area contributed by atoms with Crippen molar-refractivity contribution < 1.29 is 19.1 Å². The lowest BCUT2D eigenvalue weighted by Crippen LogP contribution is -2.64. The zero-order chi connectivity index (χ0) is 27.4. The molecule has 0 saturated heterocycles. The number of esters is 1. The quantitative estimate of drug-likeness (QED) is 0.392. The summed E-state index contributed by atoms with van der Waals surface area (Å²) in [4.78, 5) is 40.3. The summed E-state index contributed by atoms with van der Waals surface area (Å²) in [6.07, 6.45) is 11.1. The first-order valence-electron chi connectivity index (χ1n) is 13.8. The van der Waals surface area contributed by atoms with Crippen molar-refractivity contribution >= 4 is 17.5 Å². The number of methoxy groups -OCH3 is 1. The molecule has 37 heavy (non-hydrogen) atoms. The third-order valence-electron chi connectivity index (χ3n) is 12.1. The molecule has 0 aromatic heterocycles. The van der Waals surface area contributed by atoms with Crippen LogP contribution in [0.1, 0.15) is 87.0 Å². The van der Waals surface area contributed by atoms with Gasteiger partial charge >= 0.3 is 5.97 Å². The van der Waals surface area contributed by atoms with Gasteiger partial charge in [0.1, 0.15) is 6.07 Å². The highest BCUT2D eigenvalue weighted by Gasteiger charge is 2.69. The highest BCUT2D eigenvalue weighted by molar-refractivity contribution is 6.05. The fraction of sp³-hybridized carbons (Fsp3) is 0.688. The fourth-order valence-corrected chi connectivity index (χ4v) is 9.59. The van der Waals surface area contributed by atoms with Gasteiger partial charge in [-0.1, -0.05) is 53.7 Å². The van der Waals surface area contributed by atoms with Crippen molar-refractivity contribution in [1.82, 2.24) is 0 Å². The Morgan fingerprint density at radius 1 is 0.946 bits per heavy atom. The van der Waals surface area contributed by atoms with Gasteiger partial charge < -0.3 is 4.74 Å². The molecule has 5 rings (SSSR count). The van der Waals surface area contributed by atoms with Crippen molar-refractivity contribution in [3.8, 4) is 6.07 Å². The number of hydrogen-bond acceptors (Lipinski definition) is 5. The Labute approximate surface area is 221 Å². The maximum Gasteiger partial charge on any atom is 0.315 e. The second-order valence-corrected chi connectivity index (χ2v) is 14.3. The molecule has 0 N–H and O–H groups in total. The van der Waals surface area contributed by atoms with E-state index in [-0.39, 0.29) is 51.2 Å². The van der Waals surface area contributed by atoms with Gasteiger partial charge in [-0.05, 0) is 84.8 Å². The number of hydrogen-bond donors (Lipinski definition) is 0. The number of ether oxygens (including phenoxy) is 1. The van der Waals surface area contributed by atoms with Crippen LogP contribution < -0.4 is 0 Å². The standard InChI is InChI=1S/C32H41NO4/c1-27(2)23-9-10-32(7)24(30(23,5)16-19(18-33)25(27)35)22(34)15-20-21-17-29(4,26(36)37-8)12-11-28(21,3)13-14-31(20,32)6/h15-17,23-24H,9-14H2,1-8H3/t23-,24+,28+,29-,30-,31+,32+/m0/s1. The van der Waals surface area contributed by atoms with Crippen molar-refractivity contribution in [2.75, 3.05) is 7.11 Å². The minimum atomic E-state index is -0.703. The SMILES string of the molecule is COC(=O)[C@]1(C)C=C2C3=CC(=O)[C@@H]4[C@@]5(C)C=C(C#N)C(=O)C(C)(C)[C@@H]5CC[C@@]4(C)[C@]3(C)CC[C@@]2(C)CC1. The summed E-state index contributed by atoms with van der Waals surface area (Å²) < 4.78 is 5.18. The number of nitriles is 1. The molecule has 0 aromatic rings. The second kappa shape index (κ2) is 7.55. The maximum absolute atomic E-state index is 14.3. The number of Topliss-reactive ketones (excluding diaryl/α,β-unsaturated/α-hetero) is 1. The molecule has 5 aliphatic rings. The Kier molecular flexibility index (Phi) is 5.33. The molecule has 0 spiro atoms. The molecule has 198 valence electrons. The minimum absolute atomic E-state index is 0.00413. The number of ketones is 2. The van der Waals surface area contributed by atoms with Crippen molar-refractivity contribution in [3.05, 3.63) is 34.9 Å². The van der Waals surface area contributed by atoms with Gasteiger partial charge in [0, 0.05) is 16.7 Å². The molecule has 5 heteroatoms. The average molecular weight is 504 g/mol. The predicted octanol–water partition coefficient (Wildman–Crippen LogP) is 6.30. The Morgan fingerprint density at radius 2 is 1.59 bits per heavy atom. The van der Waals surface area contributed by atoms with E-state index in [1.54, 1.807) is 0 Å². The third-order valence-corrected chi connectivity index (χ3v) is 12.1. The van der Waals surface area contributed by atoms with Gasteiger partial charge in [-0.3, -0.25) is 14.4 Å². The van der Waals surface area contributed by atoms with Crippen LogP contribution in [0.25, 0.3) is 0 Å². The molecule has 0 bridgehead atoms. The van der Waals surface area contributed by atoms with E-state index in [0.29, 0.717) is 0 Å². The van der Waals surface area contributed by atoms with Crippen molar-refractivity contribution in [1.29, 1.82) is 5.26 Å². The number of allylic oxidation sites excluding steroid dienone is 5. The summed E-state index contributed by atoms with van der Waals surface area (Å²) in [6.45, 7) is 14.9. The Balaban J connectivity index is 1.72. The summed E-state index contributed by atoms with van der Waals surface area (Å²) in [5.74, 6) is -0.553. The topological polar surface area (TPSA) is 84.2 Å². The molecule has 5 nitrogen and oxygen atoms in total. The van der Waals surface area contributed by atoms with Gasteiger partial charge in [0.2, 0.25) is 0 Å². The summed E-state index contributed by atoms with van der Waals surface area (Å²) in [7, 11) is 1.44. The summed E-state index contributed by atoms with van der Waals surface area (Å²) >= 11 is 0. The third kappa shape index (κ3) is 3.05. The smallest absolute Gasteiger partial charge is 0.315 e. The van der Waals surface area contributed by atoms with Crippen molar-refractivity contribution in [2.24, 2.45) is 44.3 Å². The van der Waals surface area contributed by atoms with Gasteiger partial charge in [-0.2, -0.15) is 5.26 Å². The van der Waals surface area contributed by atoms with Crippen molar-refractivity contribution in [2.45, 2.75) is 87.0 Å². The molecule has 0 radical (unpaired) electrons. The molecule has 0 amide bonds. The molecule has 0 heterocycles. The van der Waals surface area contributed by atoms with Crippen LogP contribution in [0.5, 0.6) is 0 Å². The van der Waals surface area contributed by atoms with Gasteiger partial charge in [0.15, 0.2) is 11.6 Å². The van der Waals surface area contributed by atoms with Crippen LogP contribution >= 0.6 is 0 Å². The molecule has 7 atom stereocenters. The molecule has 0 aromatic carbocycles. The van der Waals surface area contributed by atoms with E-state index in [4.69, 9.17) is 4.74 Å². The summed E-state index contributed by atoms with van der Waals surface area (Å²) in [6, 6.07) is 2.16. The Morgan fingerprint density at radius 3 is 2.22 bits per heavy atom. The zero-order valence-corrected chi connectivity index (χ0v) is 23.7. The first-order chi connectivity index (χ1) is 17.0. The van der Waals surface area contributed by atoms with Crippen LogP contribution in [0.2, 0.25) is 0 Å². The molecule has 2 fully saturated rings. The Hall–Kier alpha value is -2.48.